The van der Waals surface area contributed by atoms with Crippen molar-refractivity contribution in [3.05, 3.63) is 83.9 Å². The number of fused-ring (bicyclic) bond motifs is 1. The molecule has 1 aliphatic rings. The van der Waals surface area contributed by atoms with Crippen LogP contribution in [0.25, 0.3) is 10.8 Å². The number of benzene rings is 3. The first-order chi connectivity index (χ1) is 18.4. The largest absolute Gasteiger partial charge is 0.381 e. The van der Waals surface area contributed by atoms with Crippen molar-refractivity contribution in [1.82, 2.24) is 15.5 Å². The fraction of sp³-hybridized carbons (Fsp3) is 0.367. The van der Waals surface area contributed by atoms with Gasteiger partial charge in [-0.3, -0.25) is 14.4 Å². The predicted molar refractivity (Wildman–Crippen MR) is 145 cm³/mol. The standard InChI is InChI=1S/C30H35N3O5/c1-21(34)32-26(20-38-19-23-8-3-2-4-9-23)28(35)30(37)33-17-7-12-27(33)29(36)31-16-15-22-13-14-24-10-5-6-11-25(24)18-22/h2-6,8-11,13-14,18,26-28,35H,7,12,15-17,19-20H2,1H3,(H,31,36)(H,32,34)/t26-,27-,28?/m0/s1. The molecule has 1 fully saturated rings. The third kappa shape index (κ3) is 7.18. The average Bonchev–Trinajstić information content (AvgIpc) is 3.42. The van der Waals surface area contributed by atoms with Crippen molar-refractivity contribution in [2.24, 2.45) is 0 Å². The summed E-state index contributed by atoms with van der Waals surface area (Å²) < 4.78 is 5.69. The molecule has 8 heteroatoms. The molecule has 1 heterocycles. The predicted octanol–water partition coefficient (Wildman–Crippen LogP) is 2.57. The van der Waals surface area contributed by atoms with E-state index in [0.717, 1.165) is 16.5 Å². The van der Waals surface area contributed by atoms with E-state index in [2.05, 4.69) is 41.0 Å². The zero-order chi connectivity index (χ0) is 26.9. The second-order valence-electron chi connectivity index (χ2n) is 9.66. The first-order valence-electron chi connectivity index (χ1n) is 13.0. The number of likely N-dealkylation sites (tertiary alicyclic amines) is 1. The van der Waals surface area contributed by atoms with Crippen LogP contribution in [0.1, 0.15) is 30.9 Å². The van der Waals surface area contributed by atoms with Crippen molar-refractivity contribution in [3.63, 3.8) is 0 Å². The van der Waals surface area contributed by atoms with Crippen LogP contribution >= 0.6 is 0 Å². The second-order valence-corrected chi connectivity index (χ2v) is 9.66. The Balaban J connectivity index is 1.31. The van der Waals surface area contributed by atoms with E-state index in [1.54, 1.807) is 0 Å². The van der Waals surface area contributed by atoms with E-state index in [1.807, 2.05) is 42.5 Å². The Bertz CT molecular complexity index is 1250. The molecule has 0 radical (unpaired) electrons. The summed E-state index contributed by atoms with van der Waals surface area (Å²) in [5.74, 6) is -1.20. The normalized spacial score (nSPS) is 16.7. The molecule has 0 aliphatic carbocycles. The van der Waals surface area contributed by atoms with Gasteiger partial charge >= 0.3 is 0 Å². The van der Waals surface area contributed by atoms with Crippen LogP contribution in [0.4, 0.5) is 0 Å². The van der Waals surface area contributed by atoms with E-state index in [1.165, 1.54) is 17.2 Å². The van der Waals surface area contributed by atoms with E-state index in [-0.39, 0.29) is 25.0 Å². The van der Waals surface area contributed by atoms with Crippen molar-refractivity contribution >= 4 is 28.5 Å². The van der Waals surface area contributed by atoms with Gasteiger partial charge in [-0.15, -0.1) is 0 Å². The van der Waals surface area contributed by atoms with E-state index in [4.69, 9.17) is 4.74 Å². The summed E-state index contributed by atoms with van der Waals surface area (Å²) in [4.78, 5) is 39.4. The van der Waals surface area contributed by atoms with Crippen molar-refractivity contribution < 1.29 is 24.2 Å². The molecule has 4 rings (SSSR count). The molecule has 38 heavy (non-hydrogen) atoms. The van der Waals surface area contributed by atoms with Crippen LogP contribution in [-0.4, -0.2) is 65.6 Å². The summed E-state index contributed by atoms with van der Waals surface area (Å²) in [5, 5.41) is 18.8. The number of carbonyl (C=O) groups is 3. The Morgan fingerprint density at radius 2 is 1.74 bits per heavy atom. The molecular formula is C30H35N3O5. The van der Waals surface area contributed by atoms with E-state index in [9.17, 15) is 19.5 Å². The quantitative estimate of drug-likeness (QED) is 0.362. The van der Waals surface area contributed by atoms with Crippen LogP contribution in [0.15, 0.2) is 72.8 Å². The van der Waals surface area contributed by atoms with Crippen LogP contribution in [0.5, 0.6) is 0 Å². The Labute approximate surface area is 223 Å². The Kier molecular flexibility index (Phi) is 9.46. The average molecular weight is 518 g/mol. The molecule has 200 valence electrons. The summed E-state index contributed by atoms with van der Waals surface area (Å²) in [6.45, 7) is 2.38. The molecule has 3 atom stereocenters. The van der Waals surface area contributed by atoms with Gasteiger partial charge in [-0.25, -0.2) is 0 Å². The fourth-order valence-corrected chi connectivity index (χ4v) is 4.84. The maximum Gasteiger partial charge on any atom is 0.254 e. The molecule has 3 N–H and O–H groups in total. The van der Waals surface area contributed by atoms with Crippen LogP contribution < -0.4 is 10.6 Å². The minimum atomic E-state index is -1.53. The maximum absolute atomic E-state index is 13.2. The fourth-order valence-electron chi connectivity index (χ4n) is 4.84. The molecule has 0 aromatic heterocycles. The topological polar surface area (TPSA) is 108 Å². The lowest BCUT2D eigenvalue weighted by Crippen LogP contribution is -2.56. The lowest BCUT2D eigenvalue weighted by atomic mass is 10.1. The van der Waals surface area contributed by atoms with Gasteiger partial charge in [-0.2, -0.15) is 0 Å². The molecule has 0 spiro atoms. The third-order valence-corrected chi connectivity index (χ3v) is 6.80. The number of nitrogens with one attached hydrogen (secondary N) is 2. The number of aliphatic hydroxyl groups is 1. The lowest BCUT2D eigenvalue weighted by Gasteiger charge is -2.30. The lowest BCUT2D eigenvalue weighted by molar-refractivity contribution is -0.148. The van der Waals surface area contributed by atoms with Crippen LogP contribution in [0, 0.1) is 0 Å². The van der Waals surface area contributed by atoms with Gasteiger partial charge in [0.15, 0.2) is 6.10 Å². The highest BCUT2D eigenvalue weighted by molar-refractivity contribution is 5.90. The van der Waals surface area contributed by atoms with Crippen molar-refractivity contribution in [2.45, 2.75) is 51.0 Å². The third-order valence-electron chi connectivity index (χ3n) is 6.80. The van der Waals surface area contributed by atoms with Gasteiger partial charge in [0.25, 0.3) is 5.91 Å². The number of nitrogens with zero attached hydrogens (tertiary/aromatic N) is 1. The van der Waals surface area contributed by atoms with E-state index < -0.39 is 24.1 Å². The highest BCUT2D eigenvalue weighted by atomic mass is 16.5. The first-order valence-corrected chi connectivity index (χ1v) is 13.0. The summed E-state index contributed by atoms with van der Waals surface area (Å²) >= 11 is 0. The Morgan fingerprint density at radius 1 is 1.00 bits per heavy atom. The minimum Gasteiger partial charge on any atom is -0.381 e. The minimum absolute atomic E-state index is 0.0438. The Hall–Kier alpha value is -3.75. The molecule has 3 aromatic rings. The van der Waals surface area contributed by atoms with Crippen molar-refractivity contribution in [3.8, 4) is 0 Å². The number of ether oxygens (including phenoxy) is 1. The highest BCUT2D eigenvalue weighted by Crippen LogP contribution is 2.20. The zero-order valence-electron chi connectivity index (χ0n) is 21.6. The van der Waals surface area contributed by atoms with Gasteiger partial charge in [-0.1, -0.05) is 72.8 Å². The van der Waals surface area contributed by atoms with Gasteiger partial charge in [0.05, 0.1) is 19.3 Å². The van der Waals surface area contributed by atoms with Gasteiger partial charge in [0.1, 0.15) is 6.04 Å². The summed E-state index contributed by atoms with van der Waals surface area (Å²) in [7, 11) is 0. The van der Waals surface area contributed by atoms with Crippen molar-refractivity contribution in [1.29, 1.82) is 0 Å². The summed E-state index contributed by atoms with van der Waals surface area (Å²) in [5.41, 5.74) is 2.06. The number of hydrogen-bond acceptors (Lipinski definition) is 5. The molecule has 8 nitrogen and oxygen atoms in total. The molecule has 0 bridgehead atoms. The summed E-state index contributed by atoms with van der Waals surface area (Å²) in [6, 6.07) is 22.3. The maximum atomic E-state index is 13.2. The van der Waals surface area contributed by atoms with Gasteiger partial charge in [-0.05, 0) is 41.2 Å². The van der Waals surface area contributed by atoms with Gasteiger partial charge < -0.3 is 25.4 Å². The van der Waals surface area contributed by atoms with Crippen molar-refractivity contribution in [2.75, 3.05) is 19.7 Å². The second kappa shape index (κ2) is 13.2. The summed E-state index contributed by atoms with van der Waals surface area (Å²) in [6.07, 6.45) is 0.329. The SMILES string of the molecule is CC(=O)N[C@@H](COCc1ccccc1)C(O)C(=O)N1CCC[C@H]1C(=O)NCCc1ccc2ccccc2c1. The monoisotopic (exact) mass is 517 g/mol. The van der Waals surface area contributed by atoms with E-state index >= 15 is 0 Å². The molecule has 1 saturated heterocycles. The van der Waals surface area contributed by atoms with Gasteiger partial charge in [0, 0.05) is 20.0 Å². The number of carbonyl (C=O) groups excluding carboxylic acids is 3. The molecule has 3 aromatic carbocycles. The number of hydrogen-bond donors (Lipinski definition) is 3. The number of aliphatic hydroxyl groups excluding tert-OH is 1. The molecule has 1 unspecified atom stereocenters. The molecule has 3 amide bonds. The van der Waals surface area contributed by atoms with E-state index in [0.29, 0.717) is 32.4 Å². The van der Waals surface area contributed by atoms with Gasteiger partial charge in [0.2, 0.25) is 11.8 Å². The first kappa shape index (κ1) is 27.3. The number of rotatable bonds is 11. The van der Waals surface area contributed by atoms with Crippen LogP contribution in [0.2, 0.25) is 0 Å². The highest BCUT2D eigenvalue weighted by Gasteiger charge is 2.39. The molecule has 0 saturated carbocycles. The number of amides is 3. The molecular weight excluding hydrogens is 482 g/mol. The zero-order valence-corrected chi connectivity index (χ0v) is 21.6. The molecule has 1 aliphatic heterocycles. The van der Waals surface area contributed by atoms with Crippen LogP contribution in [-0.2, 0) is 32.1 Å². The smallest absolute Gasteiger partial charge is 0.254 e. The van der Waals surface area contributed by atoms with Crippen LogP contribution in [0.3, 0.4) is 0 Å². The Morgan fingerprint density at radius 3 is 2.50 bits per heavy atom.